The van der Waals surface area contributed by atoms with E-state index in [0.29, 0.717) is 49.8 Å². The van der Waals surface area contributed by atoms with E-state index in [1.807, 2.05) is 6.07 Å². The number of aliphatic hydroxyl groups is 2. The lowest BCUT2D eigenvalue weighted by molar-refractivity contribution is 0.0393. The van der Waals surface area contributed by atoms with E-state index < -0.39 is 16.1 Å². The van der Waals surface area contributed by atoms with Crippen molar-refractivity contribution >= 4 is 15.7 Å². The first-order valence-corrected chi connectivity index (χ1v) is 14.2. The maximum absolute atomic E-state index is 11.3. The third-order valence-corrected chi connectivity index (χ3v) is 6.12. The van der Waals surface area contributed by atoms with E-state index in [1.54, 1.807) is 30.3 Å². The van der Waals surface area contributed by atoms with Crippen LogP contribution in [0.4, 0.5) is 5.69 Å². The largest absolute Gasteiger partial charge is 0.508 e. The minimum Gasteiger partial charge on any atom is -0.508 e. The van der Waals surface area contributed by atoms with Crippen molar-refractivity contribution in [2.24, 2.45) is 0 Å². The summed E-state index contributed by atoms with van der Waals surface area (Å²) in [6.45, 7) is 3.08. The van der Waals surface area contributed by atoms with Gasteiger partial charge in [-0.25, -0.2) is 8.42 Å². The number of ether oxygens (including phenoxy) is 2. The van der Waals surface area contributed by atoms with Gasteiger partial charge in [0.05, 0.1) is 38.8 Å². The summed E-state index contributed by atoms with van der Waals surface area (Å²) in [6.07, 6.45) is 5.79. The fourth-order valence-corrected chi connectivity index (χ4v) is 4.18. The van der Waals surface area contributed by atoms with E-state index >= 15 is 0 Å². The molecule has 0 aromatic heterocycles. The molecule has 36 heavy (non-hydrogen) atoms. The first-order valence-electron chi connectivity index (χ1n) is 12.3. The summed E-state index contributed by atoms with van der Waals surface area (Å²) in [5.41, 5.74) is 2.50. The molecule has 0 saturated heterocycles. The van der Waals surface area contributed by atoms with Crippen LogP contribution in [-0.2, 0) is 32.7 Å². The van der Waals surface area contributed by atoms with Gasteiger partial charge in [-0.05, 0) is 54.8 Å². The monoisotopic (exact) mass is 524 g/mol. The van der Waals surface area contributed by atoms with Gasteiger partial charge >= 0.3 is 0 Å². The first kappa shape index (κ1) is 30.0. The van der Waals surface area contributed by atoms with E-state index in [0.717, 1.165) is 50.5 Å². The van der Waals surface area contributed by atoms with Gasteiger partial charge in [0, 0.05) is 24.4 Å². The highest BCUT2D eigenvalue weighted by Crippen LogP contribution is 2.22. The van der Waals surface area contributed by atoms with Gasteiger partial charge in [0.25, 0.3) is 0 Å². The predicted octanol–water partition coefficient (Wildman–Crippen LogP) is 3.06. The van der Waals surface area contributed by atoms with Crippen molar-refractivity contribution in [1.29, 1.82) is 0 Å². The molecular formula is C26H40N2O7S. The molecule has 0 bridgehead atoms. The van der Waals surface area contributed by atoms with Crippen molar-refractivity contribution in [3.05, 3.63) is 59.2 Å². The van der Waals surface area contributed by atoms with Crippen LogP contribution in [0.3, 0.4) is 0 Å². The third kappa shape index (κ3) is 12.7. The molecule has 5 N–H and O–H groups in total. The molecule has 1 atom stereocenters. The van der Waals surface area contributed by atoms with Crippen molar-refractivity contribution < 1.29 is 33.2 Å². The lowest BCUT2D eigenvalue weighted by atomic mass is 10.1. The second-order valence-electron chi connectivity index (χ2n) is 8.77. The minimum atomic E-state index is -3.29. The fourth-order valence-electron chi connectivity index (χ4n) is 3.63. The van der Waals surface area contributed by atoms with Gasteiger partial charge in [0.1, 0.15) is 5.75 Å². The van der Waals surface area contributed by atoms with Crippen LogP contribution in [0, 0.1) is 0 Å². The molecule has 0 saturated carbocycles. The molecule has 2 aromatic carbocycles. The topological polar surface area (TPSA) is 137 Å². The molecular weight excluding hydrogens is 484 g/mol. The summed E-state index contributed by atoms with van der Waals surface area (Å²) in [6, 6.07) is 11.9. The van der Waals surface area contributed by atoms with Crippen LogP contribution < -0.4 is 10.0 Å². The van der Waals surface area contributed by atoms with E-state index in [-0.39, 0.29) is 12.4 Å². The highest BCUT2D eigenvalue weighted by Gasteiger charge is 2.10. The molecule has 9 nitrogen and oxygen atoms in total. The Kier molecular flexibility index (Phi) is 13.8. The molecule has 0 aliphatic rings. The zero-order chi connectivity index (χ0) is 26.2. The van der Waals surface area contributed by atoms with E-state index in [9.17, 15) is 23.7 Å². The predicted molar refractivity (Wildman–Crippen MR) is 140 cm³/mol. The molecule has 10 heteroatoms. The highest BCUT2D eigenvalue weighted by atomic mass is 32.2. The molecule has 2 rings (SSSR count). The van der Waals surface area contributed by atoms with Crippen molar-refractivity contribution in [1.82, 2.24) is 5.32 Å². The van der Waals surface area contributed by atoms with Crippen molar-refractivity contribution in [2.75, 3.05) is 43.9 Å². The number of aromatic hydroxyl groups is 1. The number of unbranched alkanes of at least 4 members (excludes halogenated alkanes) is 4. The van der Waals surface area contributed by atoms with Crippen LogP contribution in [0.25, 0.3) is 0 Å². The number of anilines is 1. The summed E-state index contributed by atoms with van der Waals surface area (Å²) >= 11 is 0. The molecule has 0 aliphatic heterocycles. The Hall–Kier alpha value is -2.21. The summed E-state index contributed by atoms with van der Waals surface area (Å²) in [5, 5.41) is 32.3. The zero-order valence-corrected chi connectivity index (χ0v) is 21.8. The molecule has 0 aliphatic carbocycles. The Labute approximate surface area is 214 Å². The molecule has 0 unspecified atom stereocenters. The van der Waals surface area contributed by atoms with Gasteiger partial charge in [-0.1, -0.05) is 37.5 Å². The third-order valence-electron chi connectivity index (χ3n) is 5.51. The van der Waals surface area contributed by atoms with Crippen LogP contribution in [0.2, 0.25) is 0 Å². The summed E-state index contributed by atoms with van der Waals surface area (Å²) in [4.78, 5) is 0. The maximum atomic E-state index is 11.3. The van der Waals surface area contributed by atoms with Crippen LogP contribution in [0.1, 0.15) is 54.9 Å². The Morgan fingerprint density at radius 1 is 0.944 bits per heavy atom. The van der Waals surface area contributed by atoms with Gasteiger partial charge in [-0.2, -0.15) is 0 Å². The lowest BCUT2D eigenvalue weighted by Crippen LogP contribution is -2.22. The van der Waals surface area contributed by atoms with Crippen LogP contribution >= 0.6 is 0 Å². The fraction of sp³-hybridized carbons (Fsp3) is 0.538. The van der Waals surface area contributed by atoms with Crippen molar-refractivity contribution in [2.45, 2.75) is 51.4 Å². The number of phenols is 1. The molecule has 0 amide bonds. The number of rotatable bonds is 19. The Morgan fingerprint density at radius 2 is 1.69 bits per heavy atom. The second kappa shape index (κ2) is 16.5. The van der Waals surface area contributed by atoms with Gasteiger partial charge in [0.2, 0.25) is 10.0 Å². The summed E-state index contributed by atoms with van der Waals surface area (Å²) in [5.74, 6) is 0.0321. The average Bonchev–Trinajstić information content (AvgIpc) is 2.83. The molecule has 2 aromatic rings. The average molecular weight is 525 g/mol. The Bertz CT molecular complexity index is 1000. The maximum Gasteiger partial charge on any atom is 0.229 e. The quantitative estimate of drug-likeness (QED) is 0.177. The Morgan fingerprint density at radius 3 is 2.47 bits per heavy atom. The lowest BCUT2D eigenvalue weighted by Gasteiger charge is -2.14. The number of aliphatic hydroxyl groups excluding tert-OH is 2. The van der Waals surface area contributed by atoms with E-state index in [1.165, 1.54) is 6.07 Å². The summed E-state index contributed by atoms with van der Waals surface area (Å²) in [7, 11) is -3.29. The number of benzene rings is 2. The van der Waals surface area contributed by atoms with Crippen LogP contribution in [0.5, 0.6) is 5.75 Å². The molecule has 0 radical (unpaired) electrons. The normalized spacial score (nSPS) is 12.5. The minimum absolute atomic E-state index is 0.0321. The molecule has 202 valence electrons. The number of nitrogens with one attached hydrogen (secondary N) is 2. The SMILES string of the molecule is CS(=O)(=O)Nc1cccc(COCCOCCCCCCCNC[C@@H](O)c2ccc(O)c(CO)c2)c1. The van der Waals surface area contributed by atoms with Crippen LogP contribution in [0.15, 0.2) is 42.5 Å². The van der Waals surface area contributed by atoms with Crippen molar-refractivity contribution in [3.63, 3.8) is 0 Å². The van der Waals surface area contributed by atoms with Gasteiger partial charge < -0.3 is 30.1 Å². The smallest absolute Gasteiger partial charge is 0.229 e. The molecule has 0 fully saturated rings. The van der Waals surface area contributed by atoms with E-state index in [2.05, 4.69) is 10.0 Å². The van der Waals surface area contributed by atoms with Gasteiger partial charge in [-0.15, -0.1) is 0 Å². The van der Waals surface area contributed by atoms with Gasteiger partial charge in [-0.3, -0.25) is 4.72 Å². The zero-order valence-electron chi connectivity index (χ0n) is 21.0. The van der Waals surface area contributed by atoms with Crippen LogP contribution in [-0.4, -0.2) is 62.9 Å². The number of hydrogen-bond donors (Lipinski definition) is 5. The van der Waals surface area contributed by atoms with Gasteiger partial charge in [0.15, 0.2) is 0 Å². The highest BCUT2D eigenvalue weighted by molar-refractivity contribution is 7.92. The summed E-state index contributed by atoms with van der Waals surface area (Å²) < 4.78 is 36.3. The number of hydrogen-bond acceptors (Lipinski definition) is 8. The van der Waals surface area contributed by atoms with E-state index in [4.69, 9.17) is 9.47 Å². The Balaban J connectivity index is 1.41. The standard InChI is InChI=1S/C26H40N2O7S/c1-36(32,33)28-24-9-7-8-21(16-24)20-35-15-14-34-13-6-4-2-3-5-12-27-18-26(31)22-10-11-25(30)23(17-22)19-29/h7-11,16-17,26-31H,2-6,12-15,18-20H2,1H3/t26-/m1/s1. The second-order valence-corrected chi connectivity index (χ2v) is 10.5. The molecule has 0 heterocycles. The number of sulfonamides is 1. The van der Waals surface area contributed by atoms with Crippen molar-refractivity contribution in [3.8, 4) is 5.75 Å². The first-order chi connectivity index (χ1) is 17.3. The molecule has 0 spiro atoms.